The fraction of sp³-hybridized carbons (Fsp3) is 0.391. The van der Waals surface area contributed by atoms with E-state index in [9.17, 15) is 4.79 Å². The highest BCUT2D eigenvalue weighted by molar-refractivity contribution is 7.13. The van der Waals surface area contributed by atoms with Crippen LogP contribution >= 0.6 is 22.9 Å². The summed E-state index contributed by atoms with van der Waals surface area (Å²) in [5, 5.41) is 6.47. The third-order valence-electron chi connectivity index (χ3n) is 5.48. The van der Waals surface area contributed by atoms with Crippen LogP contribution in [-0.2, 0) is 16.0 Å². The number of carbonyl (C=O) groups excluding carboxylic acids is 1. The molecule has 0 radical (unpaired) electrons. The average molecular weight is 460 g/mol. The molecule has 0 bridgehead atoms. The first-order valence-corrected chi connectivity index (χ1v) is 11.6. The molecule has 31 heavy (non-hydrogen) atoms. The number of rotatable bonds is 8. The number of amides is 1. The molecule has 1 aliphatic rings. The van der Waals surface area contributed by atoms with Gasteiger partial charge in [-0.2, -0.15) is 0 Å². The van der Waals surface area contributed by atoms with Crippen molar-refractivity contribution in [1.82, 2.24) is 14.9 Å². The zero-order chi connectivity index (χ0) is 21.8. The molecule has 0 saturated carbocycles. The lowest BCUT2D eigenvalue weighted by Crippen LogP contribution is -2.27. The molecule has 1 fully saturated rings. The number of thiazole rings is 1. The summed E-state index contributed by atoms with van der Waals surface area (Å²) in [4.78, 5) is 17.7. The molecule has 1 aromatic carbocycles. The molecule has 1 atom stereocenters. The molecule has 8 heteroatoms. The zero-order valence-electron chi connectivity index (χ0n) is 17.7. The Balaban J connectivity index is 1.69. The molecule has 3 heterocycles. The van der Waals surface area contributed by atoms with E-state index < -0.39 is 0 Å². The van der Waals surface area contributed by atoms with Crippen molar-refractivity contribution in [3.05, 3.63) is 52.0 Å². The van der Waals surface area contributed by atoms with Crippen LogP contribution in [0.1, 0.15) is 28.9 Å². The van der Waals surface area contributed by atoms with Gasteiger partial charge in [0.05, 0.1) is 34.7 Å². The standard InChI is InChI=1S/C23H26ClN3O3S/c1-15-18(22(28)25-9-11-29-2)12-21(27(15)13-16-6-5-10-30-16)20-14-31-23(26-20)17-7-3-4-8-19(17)24/h3-4,7-8,12,14,16H,5-6,9-11,13H2,1-2H3,(H,25,28). The molecule has 4 rings (SSSR count). The minimum absolute atomic E-state index is 0.108. The van der Waals surface area contributed by atoms with Gasteiger partial charge in [0, 0.05) is 43.4 Å². The van der Waals surface area contributed by atoms with Crippen LogP contribution in [0.2, 0.25) is 5.02 Å². The predicted octanol–water partition coefficient (Wildman–Crippen LogP) is 4.80. The van der Waals surface area contributed by atoms with Crippen molar-refractivity contribution < 1.29 is 14.3 Å². The Hall–Kier alpha value is -2.19. The van der Waals surface area contributed by atoms with E-state index in [1.165, 1.54) is 0 Å². The van der Waals surface area contributed by atoms with Gasteiger partial charge < -0.3 is 19.4 Å². The van der Waals surface area contributed by atoms with Crippen LogP contribution < -0.4 is 5.32 Å². The molecular weight excluding hydrogens is 434 g/mol. The normalized spacial score (nSPS) is 16.0. The molecule has 164 valence electrons. The maximum Gasteiger partial charge on any atom is 0.253 e. The Morgan fingerprint density at radius 3 is 3.00 bits per heavy atom. The Morgan fingerprint density at radius 2 is 2.26 bits per heavy atom. The molecule has 0 spiro atoms. The third kappa shape index (κ3) is 4.85. The van der Waals surface area contributed by atoms with Crippen LogP contribution in [0.5, 0.6) is 0 Å². The van der Waals surface area contributed by atoms with Gasteiger partial charge in [0.1, 0.15) is 5.01 Å². The van der Waals surface area contributed by atoms with E-state index in [0.29, 0.717) is 30.3 Å². The van der Waals surface area contributed by atoms with Crippen LogP contribution in [0, 0.1) is 6.92 Å². The van der Waals surface area contributed by atoms with Gasteiger partial charge >= 0.3 is 0 Å². The van der Waals surface area contributed by atoms with E-state index in [1.807, 2.05) is 42.6 Å². The lowest BCUT2D eigenvalue weighted by atomic mass is 10.2. The monoisotopic (exact) mass is 459 g/mol. The van der Waals surface area contributed by atoms with E-state index >= 15 is 0 Å². The second-order valence-electron chi connectivity index (χ2n) is 7.54. The van der Waals surface area contributed by atoms with E-state index in [4.69, 9.17) is 26.1 Å². The van der Waals surface area contributed by atoms with Gasteiger partial charge in [-0.1, -0.05) is 29.8 Å². The van der Waals surface area contributed by atoms with Gasteiger partial charge in [0.25, 0.3) is 5.91 Å². The molecular formula is C23H26ClN3O3S. The minimum atomic E-state index is -0.108. The maximum absolute atomic E-state index is 12.8. The SMILES string of the molecule is COCCNC(=O)c1cc(-c2csc(-c3ccccc3Cl)n2)n(CC2CCCO2)c1C. The van der Waals surface area contributed by atoms with Crippen molar-refractivity contribution in [3.63, 3.8) is 0 Å². The molecule has 1 aliphatic heterocycles. The zero-order valence-corrected chi connectivity index (χ0v) is 19.3. The summed E-state index contributed by atoms with van der Waals surface area (Å²) in [5.74, 6) is -0.108. The molecule has 0 aliphatic carbocycles. The number of carbonyl (C=O) groups is 1. The number of ether oxygens (including phenoxy) is 2. The van der Waals surface area contributed by atoms with Crippen molar-refractivity contribution in [3.8, 4) is 22.0 Å². The molecule has 2 aromatic heterocycles. The van der Waals surface area contributed by atoms with Crippen LogP contribution in [0.4, 0.5) is 0 Å². The van der Waals surface area contributed by atoms with E-state index in [-0.39, 0.29) is 12.0 Å². The topological polar surface area (TPSA) is 65.4 Å². The van der Waals surface area contributed by atoms with Crippen molar-refractivity contribution in [2.45, 2.75) is 32.4 Å². The first kappa shape index (κ1) is 22.0. The number of hydrogen-bond donors (Lipinski definition) is 1. The smallest absolute Gasteiger partial charge is 0.253 e. The molecule has 1 unspecified atom stereocenters. The Labute approximate surface area is 191 Å². The molecule has 1 N–H and O–H groups in total. The summed E-state index contributed by atoms with van der Waals surface area (Å²) >= 11 is 7.92. The van der Waals surface area contributed by atoms with Crippen LogP contribution in [0.15, 0.2) is 35.7 Å². The van der Waals surface area contributed by atoms with Crippen molar-refractivity contribution >= 4 is 28.8 Å². The lowest BCUT2D eigenvalue weighted by Gasteiger charge is -2.15. The average Bonchev–Trinajstić information content (AvgIpc) is 3.51. The highest BCUT2D eigenvalue weighted by atomic mass is 35.5. The van der Waals surface area contributed by atoms with Crippen LogP contribution in [-0.4, -0.2) is 48.4 Å². The van der Waals surface area contributed by atoms with E-state index in [2.05, 4.69) is 9.88 Å². The second kappa shape index (κ2) is 9.96. The van der Waals surface area contributed by atoms with Gasteiger partial charge in [0.15, 0.2) is 0 Å². The quantitative estimate of drug-likeness (QED) is 0.491. The summed E-state index contributed by atoms with van der Waals surface area (Å²) in [6, 6.07) is 9.62. The molecule has 1 saturated heterocycles. The summed E-state index contributed by atoms with van der Waals surface area (Å²) in [5.41, 5.74) is 4.22. The highest BCUT2D eigenvalue weighted by Gasteiger charge is 2.24. The maximum atomic E-state index is 12.8. The number of halogens is 1. The van der Waals surface area contributed by atoms with Crippen LogP contribution in [0.3, 0.4) is 0 Å². The Kier molecular flexibility index (Phi) is 7.07. The summed E-state index contributed by atoms with van der Waals surface area (Å²) in [6.45, 7) is 4.41. The fourth-order valence-electron chi connectivity index (χ4n) is 3.83. The number of aromatic nitrogens is 2. The highest BCUT2D eigenvalue weighted by Crippen LogP contribution is 2.35. The van der Waals surface area contributed by atoms with E-state index in [0.717, 1.165) is 47.1 Å². The van der Waals surface area contributed by atoms with Crippen molar-refractivity contribution in [2.75, 3.05) is 26.9 Å². The van der Waals surface area contributed by atoms with Crippen molar-refractivity contribution in [1.29, 1.82) is 0 Å². The van der Waals surface area contributed by atoms with Gasteiger partial charge in [-0.05, 0) is 31.9 Å². The summed E-state index contributed by atoms with van der Waals surface area (Å²) in [7, 11) is 1.62. The summed E-state index contributed by atoms with van der Waals surface area (Å²) in [6.07, 6.45) is 2.24. The lowest BCUT2D eigenvalue weighted by molar-refractivity contribution is 0.0928. The van der Waals surface area contributed by atoms with Crippen molar-refractivity contribution in [2.24, 2.45) is 0 Å². The van der Waals surface area contributed by atoms with Gasteiger partial charge in [-0.15, -0.1) is 11.3 Å². The van der Waals surface area contributed by atoms with Gasteiger partial charge in [-0.3, -0.25) is 4.79 Å². The third-order valence-corrected chi connectivity index (χ3v) is 6.69. The Bertz CT molecular complexity index is 1060. The number of hydrogen-bond acceptors (Lipinski definition) is 5. The predicted molar refractivity (Wildman–Crippen MR) is 124 cm³/mol. The first-order chi connectivity index (χ1) is 15.1. The number of benzene rings is 1. The minimum Gasteiger partial charge on any atom is -0.383 e. The Morgan fingerprint density at radius 1 is 1.42 bits per heavy atom. The first-order valence-electron chi connectivity index (χ1n) is 10.4. The number of methoxy groups -OCH3 is 1. The summed E-state index contributed by atoms with van der Waals surface area (Å²) < 4.78 is 13.1. The number of nitrogens with zero attached hydrogens (tertiary/aromatic N) is 2. The van der Waals surface area contributed by atoms with Crippen LogP contribution in [0.25, 0.3) is 22.0 Å². The fourth-order valence-corrected chi connectivity index (χ4v) is 4.96. The molecule has 1 amide bonds. The van der Waals surface area contributed by atoms with Gasteiger partial charge in [0.2, 0.25) is 0 Å². The largest absolute Gasteiger partial charge is 0.383 e. The molecule has 3 aromatic rings. The molecule has 6 nitrogen and oxygen atoms in total. The number of nitrogens with one attached hydrogen (secondary N) is 1. The van der Waals surface area contributed by atoms with Gasteiger partial charge in [-0.25, -0.2) is 4.98 Å². The van der Waals surface area contributed by atoms with E-state index in [1.54, 1.807) is 18.4 Å². The second-order valence-corrected chi connectivity index (χ2v) is 8.81.